The van der Waals surface area contributed by atoms with Crippen LogP contribution in [0, 0.1) is 0 Å². The number of urea groups is 1. The Labute approximate surface area is 102 Å². The first kappa shape index (κ1) is 15.7. The maximum Gasteiger partial charge on any atom is 0.323 e. The molecule has 0 saturated carbocycles. The predicted molar refractivity (Wildman–Crippen MR) is 64.0 cm³/mol. The van der Waals surface area contributed by atoms with E-state index in [9.17, 15) is 9.59 Å². The van der Waals surface area contributed by atoms with Crippen LogP contribution < -0.4 is 5.32 Å². The van der Waals surface area contributed by atoms with Gasteiger partial charge < -0.3 is 20.1 Å². The summed E-state index contributed by atoms with van der Waals surface area (Å²) < 4.78 is 5.16. The molecule has 0 aromatic carbocycles. The predicted octanol–water partition coefficient (Wildman–Crippen LogP) is 0.916. The lowest BCUT2D eigenvalue weighted by Crippen LogP contribution is -2.50. The van der Waals surface area contributed by atoms with Gasteiger partial charge in [0.2, 0.25) is 0 Å². The molecular formula is C11H22N2O4. The van der Waals surface area contributed by atoms with Gasteiger partial charge in [0.15, 0.2) is 0 Å². The molecule has 2 amide bonds. The van der Waals surface area contributed by atoms with E-state index in [1.807, 2.05) is 13.8 Å². The molecular weight excluding hydrogens is 224 g/mol. The molecule has 0 aliphatic heterocycles. The molecule has 17 heavy (non-hydrogen) atoms. The molecule has 0 unspecified atom stereocenters. The van der Waals surface area contributed by atoms with Crippen molar-refractivity contribution < 1.29 is 19.4 Å². The molecule has 6 heteroatoms. The van der Waals surface area contributed by atoms with Gasteiger partial charge in [0.1, 0.15) is 6.54 Å². The largest absolute Gasteiger partial charge is 0.480 e. The Morgan fingerprint density at radius 1 is 1.41 bits per heavy atom. The lowest BCUT2D eigenvalue weighted by molar-refractivity contribution is -0.138. The highest BCUT2D eigenvalue weighted by Crippen LogP contribution is 2.06. The van der Waals surface area contributed by atoms with Crippen molar-refractivity contribution in [1.29, 1.82) is 0 Å². The third-order valence-corrected chi connectivity index (χ3v) is 2.41. The summed E-state index contributed by atoms with van der Waals surface area (Å²) in [7, 11) is 1.56. The van der Waals surface area contributed by atoms with Gasteiger partial charge in [-0.25, -0.2) is 4.79 Å². The van der Waals surface area contributed by atoms with Crippen molar-refractivity contribution in [3.8, 4) is 0 Å². The van der Waals surface area contributed by atoms with Gasteiger partial charge >= 0.3 is 12.0 Å². The summed E-state index contributed by atoms with van der Waals surface area (Å²) >= 11 is 0. The van der Waals surface area contributed by atoms with E-state index in [1.54, 1.807) is 21.0 Å². The quantitative estimate of drug-likeness (QED) is 0.730. The van der Waals surface area contributed by atoms with Crippen molar-refractivity contribution in [1.82, 2.24) is 10.2 Å². The van der Waals surface area contributed by atoms with Gasteiger partial charge in [-0.3, -0.25) is 4.79 Å². The number of methoxy groups -OCH3 is 1. The summed E-state index contributed by atoms with van der Waals surface area (Å²) in [5.74, 6) is -1.03. The fourth-order valence-electron chi connectivity index (χ4n) is 1.10. The van der Waals surface area contributed by atoms with Crippen LogP contribution in [0.2, 0.25) is 0 Å². The SMILES string of the molecule is COC(C)(C)CNC(=O)N(CC(=O)O)C(C)C. The molecule has 0 aliphatic carbocycles. The van der Waals surface area contributed by atoms with E-state index in [0.717, 1.165) is 0 Å². The zero-order valence-corrected chi connectivity index (χ0v) is 11.1. The standard InChI is InChI=1S/C11H22N2O4/c1-8(2)13(6-9(14)15)10(16)12-7-11(3,4)17-5/h8H,6-7H2,1-5H3,(H,12,16)(H,14,15). The number of hydrogen-bond donors (Lipinski definition) is 2. The molecule has 0 aromatic heterocycles. The number of carbonyl (C=O) groups excluding carboxylic acids is 1. The molecule has 0 atom stereocenters. The van der Waals surface area contributed by atoms with Crippen LogP contribution in [-0.4, -0.2) is 53.8 Å². The fraction of sp³-hybridized carbons (Fsp3) is 0.818. The topological polar surface area (TPSA) is 78.9 Å². The number of carboxylic acid groups (broad SMARTS) is 1. The number of aliphatic carboxylic acids is 1. The van der Waals surface area contributed by atoms with Crippen molar-refractivity contribution in [2.75, 3.05) is 20.2 Å². The Kier molecular flexibility index (Phi) is 5.95. The van der Waals surface area contributed by atoms with Crippen LogP contribution >= 0.6 is 0 Å². The Bertz CT molecular complexity index is 277. The number of ether oxygens (including phenoxy) is 1. The van der Waals surface area contributed by atoms with E-state index in [0.29, 0.717) is 6.54 Å². The Hall–Kier alpha value is -1.30. The second-order valence-electron chi connectivity index (χ2n) is 4.74. The third kappa shape index (κ3) is 6.11. The van der Waals surface area contributed by atoms with Gasteiger partial charge in [-0.05, 0) is 27.7 Å². The molecule has 0 heterocycles. The number of rotatable bonds is 6. The van der Waals surface area contributed by atoms with Crippen molar-refractivity contribution in [3.63, 3.8) is 0 Å². The molecule has 2 N–H and O–H groups in total. The number of carbonyl (C=O) groups is 2. The molecule has 0 bridgehead atoms. The molecule has 0 radical (unpaired) electrons. The van der Waals surface area contributed by atoms with Crippen LogP contribution in [0.1, 0.15) is 27.7 Å². The van der Waals surface area contributed by atoms with Crippen LogP contribution in [0.3, 0.4) is 0 Å². The van der Waals surface area contributed by atoms with E-state index < -0.39 is 17.6 Å². The molecule has 0 spiro atoms. The Morgan fingerprint density at radius 3 is 2.29 bits per heavy atom. The number of nitrogens with zero attached hydrogens (tertiary/aromatic N) is 1. The summed E-state index contributed by atoms with van der Waals surface area (Å²) in [5.41, 5.74) is -0.471. The monoisotopic (exact) mass is 246 g/mol. The number of carboxylic acids is 1. The summed E-state index contributed by atoms with van der Waals surface area (Å²) in [6.07, 6.45) is 0. The maximum absolute atomic E-state index is 11.8. The second-order valence-corrected chi connectivity index (χ2v) is 4.74. The third-order valence-electron chi connectivity index (χ3n) is 2.41. The first-order chi connectivity index (χ1) is 7.69. The second kappa shape index (κ2) is 6.44. The minimum absolute atomic E-state index is 0.170. The number of hydrogen-bond acceptors (Lipinski definition) is 3. The zero-order valence-electron chi connectivity index (χ0n) is 11.1. The van der Waals surface area contributed by atoms with E-state index in [4.69, 9.17) is 9.84 Å². The van der Waals surface area contributed by atoms with Gasteiger partial charge in [0, 0.05) is 19.7 Å². The van der Waals surface area contributed by atoms with Crippen molar-refractivity contribution in [2.45, 2.75) is 39.3 Å². The molecule has 100 valence electrons. The highest BCUT2D eigenvalue weighted by molar-refractivity contribution is 5.80. The zero-order chi connectivity index (χ0) is 13.6. The fourth-order valence-corrected chi connectivity index (χ4v) is 1.10. The Balaban J connectivity index is 4.39. The molecule has 0 saturated heterocycles. The van der Waals surface area contributed by atoms with Crippen LogP contribution in [0.4, 0.5) is 4.79 Å². The van der Waals surface area contributed by atoms with E-state index in [2.05, 4.69) is 5.32 Å². The van der Waals surface area contributed by atoms with Gasteiger partial charge in [-0.15, -0.1) is 0 Å². The first-order valence-corrected chi connectivity index (χ1v) is 5.51. The van der Waals surface area contributed by atoms with Crippen molar-refractivity contribution >= 4 is 12.0 Å². The van der Waals surface area contributed by atoms with E-state index in [-0.39, 0.29) is 12.6 Å². The van der Waals surface area contributed by atoms with E-state index >= 15 is 0 Å². The van der Waals surface area contributed by atoms with Crippen molar-refractivity contribution in [2.24, 2.45) is 0 Å². The van der Waals surface area contributed by atoms with Crippen LogP contribution in [-0.2, 0) is 9.53 Å². The molecule has 0 aliphatic rings. The van der Waals surface area contributed by atoms with Gasteiger partial charge in [-0.1, -0.05) is 0 Å². The smallest absolute Gasteiger partial charge is 0.323 e. The molecule has 6 nitrogen and oxygen atoms in total. The minimum Gasteiger partial charge on any atom is -0.480 e. The van der Waals surface area contributed by atoms with Gasteiger partial charge in [0.05, 0.1) is 5.60 Å². The first-order valence-electron chi connectivity index (χ1n) is 5.51. The molecule has 0 aromatic rings. The summed E-state index contributed by atoms with van der Waals surface area (Å²) in [4.78, 5) is 23.7. The average molecular weight is 246 g/mol. The van der Waals surface area contributed by atoms with Gasteiger partial charge in [-0.2, -0.15) is 0 Å². The van der Waals surface area contributed by atoms with Crippen LogP contribution in [0.25, 0.3) is 0 Å². The molecule has 0 fully saturated rings. The highest BCUT2D eigenvalue weighted by Gasteiger charge is 2.23. The van der Waals surface area contributed by atoms with Crippen LogP contribution in [0.15, 0.2) is 0 Å². The lowest BCUT2D eigenvalue weighted by Gasteiger charge is -2.28. The molecule has 0 rings (SSSR count). The summed E-state index contributed by atoms with van der Waals surface area (Å²) in [6.45, 7) is 7.23. The summed E-state index contributed by atoms with van der Waals surface area (Å²) in [5, 5.41) is 11.4. The summed E-state index contributed by atoms with van der Waals surface area (Å²) in [6, 6.07) is -0.565. The average Bonchev–Trinajstić information content (AvgIpc) is 2.22. The normalized spacial score (nSPS) is 11.4. The Morgan fingerprint density at radius 2 is 1.94 bits per heavy atom. The van der Waals surface area contributed by atoms with Crippen molar-refractivity contribution in [3.05, 3.63) is 0 Å². The number of nitrogens with one attached hydrogen (secondary N) is 1. The highest BCUT2D eigenvalue weighted by atomic mass is 16.5. The van der Waals surface area contributed by atoms with Crippen LogP contribution in [0.5, 0.6) is 0 Å². The maximum atomic E-state index is 11.8. The van der Waals surface area contributed by atoms with Gasteiger partial charge in [0.25, 0.3) is 0 Å². The number of amides is 2. The minimum atomic E-state index is -1.03. The lowest BCUT2D eigenvalue weighted by atomic mass is 10.1. The van der Waals surface area contributed by atoms with E-state index in [1.165, 1.54) is 4.90 Å².